The van der Waals surface area contributed by atoms with E-state index in [2.05, 4.69) is 87.1 Å². The Labute approximate surface area is 703 Å². The number of nitrogens with zero attached hydrogens (tertiary/aromatic N) is 8. The number of amides is 4. The number of rotatable bonds is 16. The number of aliphatic hydroxyl groups is 2. The molecule has 4 fully saturated rings. The van der Waals surface area contributed by atoms with E-state index in [0.717, 1.165) is 111 Å². The quantitative estimate of drug-likeness (QED) is 0.0460. The summed E-state index contributed by atoms with van der Waals surface area (Å²) in [6.45, 7) is 15.5. The van der Waals surface area contributed by atoms with Crippen molar-refractivity contribution in [1.82, 2.24) is 39.5 Å². The number of ether oxygens (including phenoxy) is 2. The Morgan fingerprint density at radius 3 is 0.974 bits per heavy atom. The van der Waals surface area contributed by atoms with E-state index in [1.54, 1.807) is 58.2 Å². The van der Waals surface area contributed by atoms with E-state index in [4.69, 9.17) is 38.1 Å². The van der Waals surface area contributed by atoms with Crippen LogP contribution in [0.25, 0.3) is 21.2 Å². The molecule has 4 aromatic heterocycles. The second-order valence-corrected chi connectivity index (χ2v) is 43.4. The number of benzene rings is 4. The second-order valence-electron chi connectivity index (χ2n) is 28.1. The van der Waals surface area contributed by atoms with Crippen LogP contribution in [0.5, 0.6) is 0 Å². The van der Waals surface area contributed by atoms with Crippen molar-refractivity contribution in [2.24, 2.45) is 0 Å². The summed E-state index contributed by atoms with van der Waals surface area (Å²) in [4.78, 5) is 130. The summed E-state index contributed by atoms with van der Waals surface area (Å²) >= 11 is 1.53. The zero-order valence-electron chi connectivity index (χ0n) is 68.1. The molecule has 6 radical (unpaired) electrons. The van der Waals surface area contributed by atoms with Gasteiger partial charge in [-0.1, -0.05) is 173 Å². The van der Waals surface area contributed by atoms with Crippen LogP contribution in [-0.4, -0.2) is 215 Å². The number of carboxylic acid groups (broad SMARTS) is 1. The van der Waals surface area contributed by atoms with Gasteiger partial charge in [-0.2, -0.15) is 0 Å². The van der Waals surface area contributed by atoms with Crippen molar-refractivity contribution in [2.45, 2.75) is 121 Å². The molecule has 12 rings (SSSR count). The maximum absolute atomic E-state index is 12.1. The Morgan fingerprint density at radius 2 is 0.675 bits per heavy atom. The van der Waals surface area contributed by atoms with Crippen molar-refractivity contribution in [1.29, 1.82) is 0 Å². The number of carbonyl (C=O) groups is 9. The van der Waals surface area contributed by atoms with Crippen LogP contribution in [0.4, 0.5) is 14.4 Å². The summed E-state index contributed by atoms with van der Waals surface area (Å²) in [5.41, 5.74) is 18.2. The van der Waals surface area contributed by atoms with Crippen molar-refractivity contribution in [3.63, 3.8) is 0 Å². The number of carboxylic acids is 1. The van der Waals surface area contributed by atoms with Gasteiger partial charge in [0, 0.05) is 125 Å². The molecule has 0 spiro atoms. The van der Waals surface area contributed by atoms with Crippen LogP contribution in [0.2, 0.25) is 14.8 Å². The first-order chi connectivity index (χ1) is 56.2. The number of aromatic nitrogens is 4. The number of halogens is 1. The first-order valence-corrected chi connectivity index (χ1v) is 49.7. The van der Waals surface area contributed by atoms with E-state index in [0.29, 0.717) is 89.5 Å². The first-order valence-electron chi connectivity index (χ1n) is 38.9. The summed E-state index contributed by atoms with van der Waals surface area (Å²) in [7, 11) is 16.0. The maximum atomic E-state index is 12.1. The number of hydrogen-bond acceptors (Lipinski definition) is 17. The smallest absolute Gasteiger partial charge is 0.339 e. The van der Waals surface area contributed by atoms with Crippen molar-refractivity contribution < 1.29 is 67.9 Å². The van der Waals surface area contributed by atoms with Crippen molar-refractivity contribution in [2.75, 3.05) is 65.6 Å². The first kappa shape index (κ1) is 95.3. The Balaban J connectivity index is 0.000000225. The van der Waals surface area contributed by atoms with Gasteiger partial charge in [-0.3, -0.25) is 43.7 Å². The predicted octanol–water partition coefficient (Wildman–Crippen LogP) is 14.5. The van der Waals surface area contributed by atoms with E-state index in [9.17, 15) is 53.4 Å². The molecule has 4 amide bonds. The molecule has 8 aromatic rings. The number of ketones is 2. The summed E-state index contributed by atoms with van der Waals surface area (Å²) < 4.78 is 12.4. The molecule has 0 unspecified atom stereocenters. The number of pyridine rings is 4. The van der Waals surface area contributed by atoms with Crippen molar-refractivity contribution in [3.8, 4) is 0 Å². The van der Waals surface area contributed by atoms with E-state index in [1.807, 2.05) is 142 Å². The van der Waals surface area contributed by atoms with Crippen LogP contribution < -0.4 is 3.58 Å². The molecule has 117 heavy (non-hydrogen) atoms. The van der Waals surface area contributed by atoms with Gasteiger partial charge in [-0.25, -0.2) is 9.59 Å². The average molecular weight is 1750 g/mol. The molecular weight excluding hydrogens is 1650 g/mol. The molecule has 8 heterocycles. The Hall–Kier alpha value is -10.5. The molecule has 3 N–H and O–H groups in total. The number of aliphatic carboxylic acids is 1. The molecule has 4 aliphatic heterocycles. The van der Waals surface area contributed by atoms with Gasteiger partial charge in [0.1, 0.15) is 0 Å². The van der Waals surface area contributed by atoms with Crippen LogP contribution in [0, 0.1) is 0 Å². The summed E-state index contributed by atoms with van der Waals surface area (Å²) in [5, 5.41) is 26.5. The molecule has 0 saturated carbocycles. The second kappa shape index (κ2) is 49.5. The normalized spacial score (nSPS) is 13.5. The number of esters is 2. The van der Waals surface area contributed by atoms with Gasteiger partial charge in [0.2, 0.25) is 35.1 Å². The Bertz CT molecular complexity index is 4770. The molecule has 4 aliphatic rings. The largest absolute Gasteiger partial charge is 0.462 e. The van der Waals surface area contributed by atoms with E-state index in [1.165, 1.54) is 44.6 Å². The fraction of sp³-hybridized carbons (Fsp3) is 0.322. The summed E-state index contributed by atoms with van der Waals surface area (Å²) in [6.07, 6.45) is 19.9. The number of likely N-dealkylation sites (tertiary alicyclic amines) is 4. The SMILES string of the molecule is CC.CC(=O)C(=O)N1CCC(=C(c2ccccc2)c2cncc(CO)c2)CC1.CC(=O)C(=O)O.CCOC(=O)c1cnc[c]([Sn]([CH3])([CH3])[CH3])c1.[B]C(=O)N1CCC(=C(Br)c2ccccc2)CC1.[B]C(=O)N1CCC(=C(c2ccccc2)c2cncc(C(=O)OCC)c2)CC1.[B]C(=O)N1CCC(=C(c2ccccc2)c2cncc(CO)c2)CC1. The Morgan fingerprint density at radius 1 is 0.393 bits per heavy atom. The minimum Gasteiger partial charge on any atom is -0.462 e. The molecule has 0 aliphatic carbocycles. The third kappa shape index (κ3) is 30.2. The third-order valence-electron chi connectivity index (χ3n) is 19.1. The molecule has 4 saturated heterocycles. The molecule has 0 bridgehead atoms. The van der Waals surface area contributed by atoms with Crippen LogP contribution in [0.1, 0.15) is 164 Å². The number of hydrogen-bond donors (Lipinski definition) is 3. The van der Waals surface area contributed by atoms with E-state index < -0.39 is 41.8 Å². The van der Waals surface area contributed by atoms with Gasteiger partial charge in [-0.15, -0.1) is 0 Å². The van der Waals surface area contributed by atoms with Gasteiger partial charge < -0.3 is 39.7 Å². The van der Waals surface area contributed by atoms with Gasteiger partial charge in [0.15, 0.2) is 17.4 Å². The monoisotopic (exact) mass is 1750 g/mol. The average Bonchev–Trinajstić information content (AvgIpc) is 0.813. The zero-order chi connectivity index (χ0) is 85.6. The van der Waals surface area contributed by atoms with Gasteiger partial charge in [0.05, 0.1) is 25.4 Å². The molecule has 27 heteroatoms. The fourth-order valence-electron chi connectivity index (χ4n) is 13.0. The van der Waals surface area contributed by atoms with E-state index in [-0.39, 0.29) is 42.6 Å². The molecule has 606 valence electrons. The molecular formula is C90H102B3BrN8O14Sn. The van der Waals surface area contributed by atoms with Gasteiger partial charge in [0.25, 0.3) is 5.91 Å². The number of piperidine rings is 4. The summed E-state index contributed by atoms with van der Waals surface area (Å²) in [6, 6.07) is 48.2. The van der Waals surface area contributed by atoms with Crippen molar-refractivity contribution >= 4 is 135 Å². The van der Waals surface area contributed by atoms with E-state index >= 15 is 0 Å². The van der Waals surface area contributed by atoms with Crippen LogP contribution in [0.15, 0.2) is 217 Å². The molecule has 22 nitrogen and oxygen atoms in total. The fourth-order valence-corrected chi connectivity index (χ4v) is 16.6. The minimum absolute atomic E-state index is 0.0340. The third-order valence-corrected chi connectivity index (χ3v) is 25.8. The van der Waals surface area contributed by atoms with Crippen LogP contribution in [-0.2, 0) is 41.9 Å². The number of carbonyl (C=O) groups excluding carboxylic acids is 8. The van der Waals surface area contributed by atoms with Crippen molar-refractivity contribution in [3.05, 3.63) is 279 Å². The summed E-state index contributed by atoms with van der Waals surface area (Å²) in [5.74, 6) is -4.75. The minimum atomic E-state index is -2.12. The van der Waals surface area contributed by atoms with Gasteiger partial charge >= 0.3 is 107 Å². The topological polar surface area (TPSA) is 297 Å². The maximum Gasteiger partial charge on any atom is 0.339 e. The standard InChI is InChI=1S/C21H21BN2O3.C21H22N2O3.C19H19BN2O2.C13H13BBrNO.C8H8NO2.C3H4O3.C2H6.3CH3.Sn/c1-2-27-20(25)18-12-17(13-23-14-18)19(15-6-4-3-5-7-15)16-8-10-24(11-9-16)21(22)26;1-15(25)21(26)23-9-7-18(8-10-23)20(17-5-3-2-4-6-17)19-11-16(14-24)12-22-13-19;20-19(24)22-8-6-16(7-9-22)18(15-4-2-1-3-5-15)17-10-14(13-23)11-21-12-17;14-13(17)16-8-6-11(7-9-16)12(15)10-4-2-1-3-5-10;1-2-11-8(10)7-4-3-5-9-6-7;1-2(4)3(5)6;1-2;;;;/h3-7,12-14H,2,8-11H2,1H3;2-6,11-13,24H,7-10,14H2,1H3;1-5,10-12,23H,6-9,13H2;1-5H,6-9H2;4-6H,2H2,1H3;1H3,(H,5,6);1-2H3;3*1H3;. The predicted molar refractivity (Wildman–Crippen MR) is 465 cm³/mol. The molecule has 0 atom stereocenters. The van der Waals surface area contributed by atoms with Crippen LogP contribution in [0.3, 0.4) is 0 Å². The van der Waals surface area contributed by atoms with Gasteiger partial charge in [-0.05, 0) is 127 Å². The number of Topliss-reactive ketones (excluding diaryl/α,β-unsaturated/α-hetero) is 2. The molecule has 4 aromatic carbocycles. The van der Waals surface area contributed by atoms with Crippen LogP contribution >= 0.6 is 15.9 Å². The number of aliphatic hydroxyl groups excluding tert-OH is 2. The zero-order valence-corrected chi connectivity index (χ0v) is 72.6. The Kier molecular flexibility index (Phi) is 40.3.